The minimum Gasteiger partial charge on any atom is -0.289 e. The molecule has 0 aliphatic rings. The van der Waals surface area contributed by atoms with Crippen molar-refractivity contribution in [1.82, 2.24) is 0 Å². The molecule has 128 valence electrons. The largest absolute Gasteiger partial charge is 0.294 e. The third-order valence-corrected chi connectivity index (χ3v) is 5.08. The summed E-state index contributed by atoms with van der Waals surface area (Å²) in [5.41, 5.74) is 0.770. The Morgan fingerprint density at radius 2 is 1.83 bits per heavy atom. The minimum atomic E-state index is -4.43. The minimum absolute atomic E-state index is 0.118. The van der Waals surface area contributed by atoms with Crippen LogP contribution in [0.15, 0.2) is 41.3 Å². The predicted octanol–water partition coefficient (Wildman–Crippen LogP) is 4.81. The van der Waals surface area contributed by atoms with Gasteiger partial charge in [-0.25, -0.2) is 0 Å². The van der Waals surface area contributed by atoms with Gasteiger partial charge in [-0.1, -0.05) is 48.7 Å². The maximum atomic E-state index is 12.6. The van der Waals surface area contributed by atoms with E-state index in [0.717, 1.165) is 12.8 Å². The van der Waals surface area contributed by atoms with E-state index >= 15 is 0 Å². The molecular weight excluding hydrogens is 371 g/mol. The van der Waals surface area contributed by atoms with Crippen LogP contribution in [0.3, 0.4) is 0 Å². The van der Waals surface area contributed by atoms with Crippen molar-refractivity contribution in [1.29, 1.82) is 0 Å². The molecular formula is C17H16Cl2O4S. The topological polar surface area (TPSA) is 71.4 Å². The zero-order chi connectivity index (χ0) is 17.9. The Morgan fingerprint density at radius 3 is 2.46 bits per heavy atom. The van der Waals surface area contributed by atoms with Crippen molar-refractivity contribution in [2.45, 2.75) is 31.1 Å². The highest BCUT2D eigenvalue weighted by Gasteiger charge is 2.20. The number of carbonyl (C=O) groups excluding carboxylic acids is 1. The number of aryl methyl sites for hydroxylation is 1. The molecule has 0 aliphatic carbocycles. The summed E-state index contributed by atoms with van der Waals surface area (Å²) in [6.45, 7) is 1.98. The average Bonchev–Trinajstić information content (AvgIpc) is 2.53. The molecule has 4 nitrogen and oxygen atoms in total. The number of benzene rings is 2. The number of hydrogen-bond acceptors (Lipinski definition) is 3. The highest BCUT2D eigenvalue weighted by atomic mass is 35.5. The van der Waals surface area contributed by atoms with Gasteiger partial charge in [0.2, 0.25) is 0 Å². The lowest BCUT2D eigenvalue weighted by molar-refractivity contribution is 0.103. The number of hydrogen-bond donors (Lipinski definition) is 1. The summed E-state index contributed by atoms with van der Waals surface area (Å²) in [4.78, 5) is 12.4. The van der Waals surface area contributed by atoms with Crippen molar-refractivity contribution in [3.05, 3.63) is 63.1 Å². The number of halogens is 2. The first-order valence-electron chi connectivity index (χ1n) is 7.34. The van der Waals surface area contributed by atoms with E-state index in [1.807, 2.05) is 6.92 Å². The third kappa shape index (κ3) is 4.36. The van der Waals surface area contributed by atoms with Crippen molar-refractivity contribution in [2.75, 3.05) is 0 Å². The summed E-state index contributed by atoms with van der Waals surface area (Å²) >= 11 is 11.9. The van der Waals surface area contributed by atoms with Gasteiger partial charge in [0, 0.05) is 16.1 Å². The molecule has 0 bridgehead atoms. The molecule has 24 heavy (non-hydrogen) atoms. The maximum Gasteiger partial charge on any atom is 0.294 e. The van der Waals surface area contributed by atoms with E-state index in [4.69, 9.17) is 23.2 Å². The molecule has 0 aromatic heterocycles. The Balaban J connectivity index is 2.51. The second-order valence-corrected chi connectivity index (χ2v) is 7.59. The Kier molecular flexibility index (Phi) is 6.04. The molecule has 0 atom stereocenters. The van der Waals surface area contributed by atoms with E-state index in [1.54, 1.807) is 12.1 Å². The third-order valence-electron chi connectivity index (χ3n) is 3.58. The van der Waals surface area contributed by atoms with Gasteiger partial charge < -0.3 is 0 Å². The summed E-state index contributed by atoms with van der Waals surface area (Å²) in [7, 11) is -4.43. The zero-order valence-corrected chi connectivity index (χ0v) is 15.2. The number of rotatable bonds is 6. The summed E-state index contributed by atoms with van der Waals surface area (Å²) < 4.78 is 32.8. The summed E-state index contributed by atoms with van der Waals surface area (Å²) in [6.07, 6.45) is 2.15. The van der Waals surface area contributed by atoms with Gasteiger partial charge in [-0.15, -0.1) is 0 Å². The van der Waals surface area contributed by atoms with Gasteiger partial charge in [0.15, 0.2) is 5.78 Å². The Hall–Kier alpha value is -1.40. The quantitative estimate of drug-likeness (QED) is 0.570. The van der Waals surface area contributed by atoms with E-state index in [1.165, 1.54) is 24.3 Å². The molecule has 2 aromatic rings. The molecule has 0 aliphatic heterocycles. The van der Waals surface area contributed by atoms with E-state index in [2.05, 4.69) is 0 Å². The molecule has 0 fully saturated rings. The molecule has 0 amide bonds. The second-order valence-electron chi connectivity index (χ2n) is 5.35. The zero-order valence-electron chi connectivity index (χ0n) is 12.9. The van der Waals surface area contributed by atoms with Crippen LogP contribution >= 0.6 is 23.2 Å². The number of ketones is 1. The molecule has 0 unspecified atom stereocenters. The smallest absolute Gasteiger partial charge is 0.289 e. The van der Waals surface area contributed by atoms with Crippen LogP contribution < -0.4 is 0 Å². The molecule has 0 heterocycles. The monoisotopic (exact) mass is 386 g/mol. The lowest BCUT2D eigenvalue weighted by Gasteiger charge is -2.10. The molecule has 0 spiro atoms. The normalized spacial score (nSPS) is 11.5. The molecule has 2 aromatic carbocycles. The van der Waals surface area contributed by atoms with Gasteiger partial charge in [-0.3, -0.25) is 9.35 Å². The molecule has 1 N–H and O–H groups in total. The Labute approximate surface area is 151 Å². The number of unbranched alkanes of at least 4 members (excludes halogenated alkanes) is 1. The van der Waals surface area contributed by atoms with Crippen LogP contribution in [-0.2, 0) is 16.5 Å². The van der Waals surface area contributed by atoms with Crippen LogP contribution in [0.1, 0.15) is 41.3 Å². The molecule has 0 saturated heterocycles. The van der Waals surface area contributed by atoms with E-state index in [0.29, 0.717) is 17.0 Å². The first kappa shape index (κ1) is 18.9. The lowest BCUT2D eigenvalue weighted by atomic mass is 10.00. The van der Waals surface area contributed by atoms with Crippen LogP contribution in [0.25, 0.3) is 0 Å². The SMILES string of the molecule is CCCCc1ccc(C(=O)c2cc(Cl)ccc2Cl)cc1S(=O)(=O)O. The van der Waals surface area contributed by atoms with Crippen molar-refractivity contribution in [3.63, 3.8) is 0 Å². The number of carbonyl (C=O) groups is 1. The summed E-state index contributed by atoms with van der Waals surface area (Å²) in [5, 5.41) is 0.560. The second kappa shape index (κ2) is 7.66. The molecule has 7 heteroatoms. The maximum absolute atomic E-state index is 12.6. The van der Waals surface area contributed by atoms with E-state index in [-0.39, 0.29) is 21.0 Å². The van der Waals surface area contributed by atoms with Gasteiger partial charge in [-0.05, 0) is 42.7 Å². The highest BCUT2D eigenvalue weighted by molar-refractivity contribution is 7.85. The van der Waals surface area contributed by atoms with Gasteiger partial charge in [0.1, 0.15) is 0 Å². The van der Waals surface area contributed by atoms with Crippen molar-refractivity contribution in [2.24, 2.45) is 0 Å². The predicted molar refractivity (Wildman–Crippen MR) is 94.8 cm³/mol. The van der Waals surface area contributed by atoms with Crippen molar-refractivity contribution >= 4 is 39.1 Å². The summed E-state index contributed by atoms with van der Waals surface area (Å²) in [5.74, 6) is -0.463. The van der Waals surface area contributed by atoms with Gasteiger partial charge >= 0.3 is 0 Å². The standard InChI is InChI=1S/C17H16Cl2O4S/c1-2-3-4-11-5-6-12(9-16(11)24(21,22)23)17(20)14-10-13(18)7-8-15(14)19/h5-10H,2-4H2,1H3,(H,21,22,23). The average molecular weight is 387 g/mol. The molecule has 0 saturated carbocycles. The van der Waals surface area contributed by atoms with E-state index < -0.39 is 15.9 Å². The van der Waals surface area contributed by atoms with Crippen LogP contribution in [0.4, 0.5) is 0 Å². The van der Waals surface area contributed by atoms with Crippen LogP contribution in [-0.4, -0.2) is 18.8 Å². The van der Waals surface area contributed by atoms with Crippen LogP contribution in [0.2, 0.25) is 10.0 Å². The highest BCUT2D eigenvalue weighted by Crippen LogP contribution is 2.26. The summed E-state index contributed by atoms with van der Waals surface area (Å²) in [6, 6.07) is 8.72. The van der Waals surface area contributed by atoms with Gasteiger partial charge in [-0.2, -0.15) is 8.42 Å². The van der Waals surface area contributed by atoms with E-state index in [9.17, 15) is 17.8 Å². The first-order valence-corrected chi connectivity index (χ1v) is 9.53. The fourth-order valence-corrected chi connectivity index (χ4v) is 3.49. The fourth-order valence-electron chi connectivity index (χ4n) is 2.34. The van der Waals surface area contributed by atoms with Gasteiger partial charge in [0.25, 0.3) is 10.1 Å². The van der Waals surface area contributed by atoms with Crippen LogP contribution in [0, 0.1) is 0 Å². The first-order chi connectivity index (χ1) is 11.2. The lowest BCUT2D eigenvalue weighted by Crippen LogP contribution is -2.08. The van der Waals surface area contributed by atoms with Crippen LogP contribution in [0.5, 0.6) is 0 Å². The Bertz CT molecular complexity index is 876. The van der Waals surface area contributed by atoms with Gasteiger partial charge in [0.05, 0.1) is 9.92 Å². The van der Waals surface area contributed by atoms with Crippen molar-refractivity contribution in [3.8, 4) is 0 Å². The molecule has 2 rings (SSSR count). The molecule has 0 radical (unpaired) electrons. The fraction of sp³-hybridized carbons (Fsp3) is 0.235. The van der Waals surface area contributed by atoms with Crippen molar-refractivity contribution < 1.29 is 17.8 Å². The Morgan fingerprint density at radius 1 is 1.12 bits per heavy atom.